The van der Waals surface area contributed by atoms with Gasteiger partial charge in [-0.3, -0.25) is 24.3 Å². The summed E-state index contributed by atoms with van der Waals surface area (Å²) in [4.78, 5) is 72.7. The van der Waals surface area contributed by atoms with Crippen LogP contribution in [0.2, 0.25) is 0 Å². The quantitative estimate of drug-likeness (QED) is 0.0992. The van der Waals surface area contributed by atoms with Gasteiger partial charge >= 0.3 is 0 Å². The minimum absolute atomic E-state index is 0.0160. The van der Waals surface area contributed by atoms with Crippen LogP contribution in [0.15, 0.2) is 70.1 Å². The molecular formula is C45H50N16O6. The molecule has 8 heterocycles. The van der Waals surface area contributed by atoms with Gasteiger partial charge in [0.25, 0.3) is 11.9 Å². The summed E-state index contributed by atoms with van der Waals surface area (Å²) >= 11 is 0. The van der Waals surface area contributed by atoms with Gasteiger partial charge in [0.1, 0.15) is 30.0 Å². The Hall–Kier alpha value is -7.56. The van der Waals surface area contributed by atoms with Crippen molar-refractivity contribution in [3.05, 3.63) is 88.6 Å². The summed E-state index contributed by atoms with van der Waals surface area (Å²) in [7, 11) is 0. The second-order valence-corrected chi connectivity index (χ2v) is 16.8. The van der Waals surface area contributed by atoms with Gasteiger partial charge in [0.05, 0.1) is 42.8 Å². The number of fused-ring (bicyclic) bond motifs is 4. The number of carbonyl (C=O) groups excluding carboxylic acids is 3. The zero-order valence-corrected chi connectivity index (χ0v) is 36.7. The average molecular weight is 911 g/mol. The molecule has 1 unspecified atom stereocenters. The minimum Gasteiger partial charge on any atom is -0.424 e. The SMILES string of the molecule is Nc1nc2cc(-c3nn(Cc4ccc5c(c4)CCN(C(=O)CCOCCNC(=O)C4=CNC(N6CCN(c7ncc8c(n7)CCN(C(=O)CO)C8)CC6)N=C4)C5)c4ncnc(N)c34)ccc2o1. The number of hydrogen-bond donors (Lipinski definition) is 5. The highest BCUT2D eigenvalue weighted by atomic mass is 16.5. The van der Waals surface area contributed by atoms with E-state index in [-0.39, 0.29) is 56.2 Å². The third kappa shape index (κ3) is 9.18. The molecule has 0 aliphatic carbocycles. The number of carbonyl (C=O) groups is 3. The molecule has 4 aliphatic rings. The number of piperazine rings is 1. The minimum atomic E-state index is -0.499. The van der Waals surface area contributed by atoms with Crippen LogP contribution in [-0.2, 0) is 51.6 Å². The third-order valence-electron chi connectivity index (χ3n) is 12.6. The number of benzene rings is 2. The van der Waals surface area contributed by atoms with Crippen LogP contribution >= 0.6 is 0 Å². The van der Waals surface area contributed by atoms with Crippen molar-refractivity contribution < 1.29 is 28.6 Å². The molecule has 7 N–H and O–H groups in total. The highest BCUT2D eigenvalue weighted by Crippen LogP contribution is 2.33. The third-order valence-corrected chi connectivity index (χ3v) is 12.6. The van der Waals surface area contributed by atoms with Gasteiger partial charge in [-0.25, -0.2) is 24.6 Å². The highest BCUT2D eigenvalue weighted by Gasteiger charge is 2.28. The zero-order valence-electron chi connectivity index (χ0n) is 36.7. The van der Waals surface area contributed by atoms with Gasteiger partial charge in [0.15, 0.2) is 17.5 Å². The number of ether oxygens (including phenoxy) is 1. The van der Waals surface area contributed by atoms with Crippen LogP contribution in [0.3, 0.4) is 0 Å². The fourth-order valence-corrected chi connectivity index (χ4v) is 8.94. The molecule has 22 heteroatoms. The molecule has 1 fully saturated rings. The van der Waals surface area contributed by atoms with E-state index in [2.05, 4.69) is 57.5 Å². The lowest BCUT2D eigenvalue weighted by molar-refractivity contribution is -0.135. The van der Waals surface area contributed by atoms with E-state index in [1.54, 1.807) is 29.6 Å². The number of nitrogens with two attached hydrogens (primary N) is 2. The molecule has 1 saturated heterocycles. The summed E-state index contributed by atoms with van der Waals surface area (Å²) in [6, 6.07) is 11.9. The molecule has 0 bridgehead atoms. The normalized spacial score (nSPS) is 17.3. The van der Waals surface area contributed by atoms with Crippen molar-refractivity contribution in [1.29, 1.82) is 0 Å². The number of rotatable bonds is 13. The standard InChI is InChI=1S/C45H50N16O6/c46-40-38-39(29-3-4-35-34(18-29)54-43(47)67-35)56-61(41(38)53-26-52-40)22-27-1-2-30-23-59(9-5-28(30)17-27)36(63)7-15-66-16-8-48-42(65)31-19-49-44(50-20-31)57-11-13-58(14-12-57)45-51-21-32-24-60(37(64)25-62)10-6-33(32)55-45/h1-4,17-21,26,44,49,62H,5-16,22-25H2,(H2,47,54)(H,48,65)(H2,46,52,53). The van der Waals surface area contributed by atoms with Gasteiger partial charge in [-0.05, 0) is 41.3 Å². The first-order valence-electron chi connectivity index (χ1n) is 22.3. The lowest BCUT2D eigenvalue weighted by Crippen LogP contribution is -2.54. The van der Waals surface area contributed by atoms with Crippen LogP contribution in [0.4, 0.5) is 17.8 Å². The number of aromatic nitrogens is 7. The summed E-state index contributed by atoms with van der Waals surface area (Å²) < 4.78 is 13.0. The molecule has 22 nitrogen and oxygen atoms in total. The molecule has 0 spiro atoms. The van der Waals surface area contributed by atoms with Gasteiger partial charge in [0, 0.05) is 95.1 Å². The second kappa shape index (κ2) is 18.7. The number of aliphatic imine (C=N–C) groups is 1. The summed E-state index contributed by atoms with van der Waals surface area (Å²) in [6.45, 7) is 5.67. The van der Waals surface area contributed by atoms with E-state index < -0.39 is 6.61 Å². The second-order valence-electron chi connectivity index (χ2n) is 16.8. The molecule has 67 heavy (non-hydrogen) atoms. The van der Waals surface area contributed by atoms with Crippen molar-refractivity contribution in [3.8, 4) is 11.3 Å². The fourth-order valence-electron chi connectivity index (χ4n) is 8.94. The van der Waals surface area contributed by atoms with Crippen LogP contribution in [0, 0.1) is 0 Å². The van der Waals surface area contributed by atoms with Crippen LogP contribution in [0.1, 0.15) is 34.4 Å². The summed E-state index contributed by atoms with van der Waals surface area (Å²) in [6.07, 6.45) is 7.77. The van der Waals surface area contributed by atoms with Gasteiger partial charge < -0.3 is 51.1 Å². The Morgan fingerprint density at radius 1 is 0.896 bits per heavy atom. The number of amides is 3. The smallest absolute Gasteiger partial charge is 0.292 e. The first kappa shape index (κ1) is 43.3. The van der Waals surface area contributed by atoms with E-state index in [9.17, 15) is 19.5 Å². The zero-order chi connectivity index (χ0) is 46.0. The monoisotopic (exact) mass is 910 g/mol. The molecule has 346 valence electrons. The Balaban J connectivity index is 0.638. The maximum absolute atomic E-state index is 13.2. The number of hydrogen-bond acceptors (Lipinski definition) is 18. The molecule has 4 aliphatic heterocycles. The lowest BCUT2D eigenvalue weighted by atomic mass is 9.97. The molecular weight excluding hydrogens is 861 g/mol. The van der Waals surface area contributed by atoms with E-state index in [1.807, 2.05) is 27.8 Å². The van der Waals surface area contributed by atoms with Crippen molar-refractivity contribution in [1.82, 2.24) is 60.0 Å². The van der Waals surface area contributed by atoms with Crippen LogP contribution < -0.4 is 27.0 Å². The van der Waals surface area contributed by atoms with Gasteiger partial charge in [0.2, 0.25) is 17.8 Å². The maximum Gasteiger partial charge on any atom is 0.292 e. The van der Waals surface area contributed by atoms with E-state index in [1.165, 1.54) is 11.9 Å². The Morgan fingerprint density at radius 2 is 1.73 bits per heavy atom. The number of aliphatic hydroxyl groups is 1. The number of nitrogens with one attached hydrogen (secondary N) is 2. The number of nitrogen functional groups attached to an aromatic ring is 2. The number of nitrogens with zero attached hydrogens (tertiary/aromatic N) is 12. The fraction of sp³-hybridized carbons (Fsp3) is 0.378. The predicted molar refractivity (Wildman–Crippen MR) is 246 cm³/mol. The largest absolute Gasteiger partial charge is 0.424 e. The van der Waals surface area contributed by atoms with Gasteiger partial charge in [-0.2, -0.15) is 10.1 Å². The predicted octanol–water partition coefficient (Wildman–Crippen LogP) is 0.586. The van der Waals surface area contributed by atoms with Crippen molar-refractivity contribution in [3.63, 3.8) is 0 Å². The van der Waals surface area contributed by atoms with E-state index in [4.69, 9.17) is 30.7 Å². The molecule has 0 saturated carbocycles. The van der Waals surface area contributed by atoms with Gasteiger partial charge in [-0.1, -0.05) is 18.2 Å². The molecule has 2 aromatic carbocycles. The topological polar surface area (TPSA) is 277 Å². The van der Waals surface area contributed by atoms with Crippen molar-refractivity contribution >= 4 is 63.9 Å². The number of aliphatic hydroxyl groups excluding tert-OH is 1. The average Bonchev–Trinajstić information content (AvgIpc) is 3.93. The van der Waals surface area contributed by atoms with Crippen molar-refractivity contribution in [2.75, 3.05) is 82.0 Å². The highest BCUT2D eigenvalue weighted by molar-refractivity contribution is 6.12. The van der Waals surface area contributed by atoms with Crippen LogP contribution in [-0.4, -0.2) is 150 Å². The first-order chi connectivity index (χ1) is 32.7. The summed E-state index contributed by atoms with van der Waals surface area (Å²) in [5.41, 5.74) is 20.9. The Bertz CT molecular complexity index is 2920. The number of oxazole rings is 1. The Labute approximate surface area is 383 Å². The number of anilines is 3. The molecule has 1 atom stereocenters. The van der Waals surface area contributed by atoms with Crippen molar-refractivity contribution in [2.24, 2.45) is 4.99 Å². The Morgan fingerprint density at radius 3 is 2.57 bits per heavy atom. The molecule has 0 radical (unpaired) electrons. The molecule has 10 rings (SSSR count). The molecule has 4 aromatic heterocycles. The summed E-state index contributed by atoms with van der Waals surface area (Å²) in [5, 5.41) is 20.9. The van der Waals surface area contributed by atoms with E-state index in [0.717, 1.165) is 47.5 Å². The van der Waals surface area contributed by atoms with Crippen LogP contribution in [0.5, 0.6) is 0 Å². The van der Waals surface area contributed by atoms with Crippen molar-refractivity contribution in [2.45, 2.75) is 45.2 Å². The Kier molecular flexibility index (Phi) is 12.1. The summed E-state index contributed by atoms with van der Waals surface area (Å²) in [5.74, 6) is 0.455. The molecule has 3 amide bonds. The van der Waals surface area contributed by atoms with E-state index in [0.29, 0.717) is 97.4 Å². The lowest BCUT2D eigenvalue weighted by Gasteiger charge is -2.38. The van der Waals surface area contributed by atoms with Gasteiger partial charge in [-0.15, -0.1) is 0 Å². The maximum atomic E-state index is 13.2. The van der Waals surface area contributed by atoms with E-state index >= 15 is 0 Å². The first-order valence-corrected chi connectivity index (χ1v) is 22.3. The molecule has 6 aromatic rings. The van der Waals surface area contributed by atoms with Crippen LogP contribution in [0.25, 0.3) is 33.4 Å².